The number of carbonyl (C=O) groups excluding carboxylic acids is 1. The van der Waals surface area contributed by atoms with Crippen molar-refractivity contribution in [2.75, 3.05) is 26.2 Å². The molecule has 28 heavy (non-hydrogen) atoms. The summed E-state index contributed by atoms with van der Waals surface area (Å²) in [7, 11) is -3.90. The van der Waals surface area contributed by atoms with E-state index in [1.807, 2.05) is 0 Å². The van der Waals surface area contributed by atoms with Crippen LogP contribution in [0.3, 0.4) is 0 Å². The van der Waals surface area contributed by atoms with Crippen LogP contribution in [0.2, 0.25) is 5.02 Å². The summed E-state index contributed by atoms with van der Waals surface area (Å²) in [5.41, 5.74) is 0.598. The van der Waals surface area contributed by atoms with E-state index in [1.165, 1.54) is 16.4 Å². The van der Waals surface area contributed by atoms with Crippen LogP contribution in [0.15, 0.2) is 47.4 Å². The van der Waals surface area contributed by atoms with Crippen molar-refractivity contribution in [3.05, 3.63) is 68.7 Å². The standard InChI is InChI=1S/C18H18ClN3O5S/c1-13-5-6-16(22(24)25)12-17(13)28(26,27)21-9-7-20(8-10-21)18(23)14-3-2-4-15(19)11-14/h2-6,11-12H,7-10H2,1H3. The number of carbonyl (C=O) groups is 1. The molecule has 1 amide bonds. The van der Waals surface area contributed by atoms with E-state index < -0.39 is 14.9 Å². The highest BCUT2D eigenvalue weighted by atomic mass is 35.5. The van der Waals surface area contributed by atoms with Crippen LogP contribution < -0.4 is 0 Å². The zero-order valence-electron chi connectivity index (χ0n) is 15.0. The predicted molar refractivity (Wildman–Crippen MR) is 104 cm³/mol. The lowest BCUT2D eigenvalue weighted by molar-refractivity contribution is -0.385. The van der Waals surface area contributed by atoms with E-state index >= 15 is 0 Å². The third kappa shape index (κ3) is 4.01. The second kappa shape index (κ2) is 7.86. The van der Waals surface area contributed by atoms with Crippen LogP contribution in [0.25, 0.3) is 0 Å². The van der Waals surface area contributed by atoms with Gasteiger partial charge in [0.25, 0.3) is 11.6 Å². The number of piperazine rings is 1. The van der Waals surface area contributed by atoms with Gasteiger partial charge in [-0.15, -0.1) is 0 Å². The summed E-state index contributed by atoms with van der Waals surface area (Å²) >= 11 is 5.92. The van der Waals surface area contributed by atoms with Crippen molar-refractivity contribution in [2.24, 2.45) is 0 Å². The highest BCUT2D eigenvalue weighted by molar-refractivity contribution is 7.89. The minimum atomic E-state index is -3.90. The average Bonchev–Trinajstić information content (AvgIpc) is 2.67. The molecule has 0 saturated carbocycles. The molecule has 0 atom stereocenters. The van der Waals surface area contributed by atoms with Crippen LogP contribution >= 0.6 is 11.6 Å². The van der Waals surface area contributed by atoms with Crippen LogP contribution in [-0.2, 0) is 10.0 Å². The van der Waals surface area contributed by atoms with Gasteiger partial charge in [0.2, 0.25) is 10.0 Å². The second-order valence-electron chi connectivity index (χ2n) is 6.41. The maximum atomic E-state index is 13.0. The number of sulfonamides is 1. The van der Waals surface area contributed by atoms with Crippen LogP contribution in [0.5, 0.6) is 0 Å². The molecule has 0 N–H and O–H groups in total. The normalized spacial score (nSPS) is 15.4. The lowest BCUT2D eigenvalue weighted by atomic mass is 10.2. The number of hydrogen-bond donors (Lipinski definition) is 0. The van der Waals surface area contributed by atoms with Gasteiger partial charge in [-0.1, -0.05) is 23.7 Å². The number of nitro benzene ring substituents is 1. The van der Waals surface area contributed by atoms with Crippen molar-refractivity contribution < 1.29 is 18.1 Å². The van der Waals surface area contributed by atoms with Gasteiger partial charge in [0, 0.05) is 48.9 Å². The Morgan fingerprint density at radius 3 is 2.39 bits per heavy atom. The van der Waals surface area contributed by atoms with E-state index in [9.17, 15) is 23.3 Å². The fourth-order valence-corrected chi connectivity index (χ4v) is 4.91. The quantitative estimate of drug-likeness (QED) is 0.555. The van der Waals surface area contributed by atoms with Crippen LogP contribution in [0.1, 0.15) is 15.9 Å². The van der Waals surface area contributed by atoms with Crippen molar-refractivity contribution in [2.45, 2.75) is 11.8 Å². The number of amides is 1. The van der Waals surface area contributed by atoms with Gasteiger partial charge in [-0.3, -0.25) is 14.9 Å². The van der Waals surface area contributed by atoms with E-state index in [0.717, 1.165) is 6.07 Å². The molecule has 148 valence electrons. The molecule has 1 aliphatic rings. The first-order valence-electron chi connectivity index (χ1n) is 8.50. The number of halogens is 1. The third-order valence-electron chi connectivity index (χ3n) is 4.60. The highest BCUT2D eigenvalue weighted by Gasteiger charge is 2.32. The second-order valence-corrected chi connectivity index (χ2v) is 8.76. The topological polar surface area (TPSA) is 101 Å². The highest BCUT2D eigenvalue weighted by Crippen LogP contribution is 2.26. The Morgan fingerprint density at radius 1 is 1.11 bits per heavy atom. The molecule has 8 nitrogen and oxygen atoms in total. The third-order valence-corrected chi connectivity index (χ3v) is 6.87. The number of nitro groups is 1. The van der Waals surface area contributed by atoms with Crippen molar-refractivity contribution in [3.63, 3.8) is 0 Å². The van der Waals surface area contributed by atoms with Gasteiger partial charge in [0.05, 0.1) is 9.82 Å². The Morgan fingerprint density at radius 2 is 1.79 bits per heavy atom. The first-order valence-corrected chi connectivity index (χ1v) is 10.3. The van der Waals surface area contributed by atoms with Gasteiger partial charge in [-0.25, -0.2) is 8.42 Å². The molecule has 0 aliphatic carbocycles. The Balaban J connectivity index is 1.76. The smallest absolute Gasteiger partial charge is 0.270 e. The van der Waals surface area contributed by atoms with Gasteiger partial charge in [-0.2, -0.15) is 4.31 Å². The van der Waals surface area contributed by atoms with Gasteiger partial charge in [0.15, 0.2) is 0 Å². The molecular weight excluding hydrogens is 406 g/mol. The number of aryl methyl sites for hydroxylation is 1. The van der Waals surface area contributed by atoms with Gasteiger partial charge in [-0.05, 0) is 30.7 Å². The maximum absolute atomic E-state index is 13.0. The minimum Gasteiger partial charge on any atom is -0.336 e. The Labute approximate surface area is 167 Å². The molecule has 0 bridgehead atoms. The summed E-state index contributed by atoms with van der Waals surface area (Å²) in [5.74, 6) is -0.217. The molecule has 2 aromatic carbocycles. The van der Waals surface area contributed by atoms with Crippen molar-refractivity contribution >= 4 is 33.2 Å². The summed E-state index contributed by atoms with van der Waals surface area (Å²) < 4.78 is 27.2. The van der Waals surface area contributed by atoms with Crippen LogP contribution in [0.4, 0.5) is 5.69 Å². The number of benzene rings is 2. The monoisotopic (exact) mass is 423 g/mol. The number of non-ortho nitro benzene ring substituents is 1. The molecule has 0 radical (unpaired) electrons. The van der Waals surface area contributed by atoms with E-state index in [1.54, 1.807) is 36.1 Å². The lowest BCUT2D eigenvalue weighted by Crippen LogP contribution is -2.50. The molecule has 0 aromatic heterocycles. The van der Waals surface area contributed by atoms with E-state index in [4.69, 9.17) is 11.6 Å². The first-order chi connectivity index (χ1) is 13.2. The van der Waals surface area contributed by atoms with E-state index in [0.29, 0.717) is 16.1 Å². The molecule has 10 heteroatoms. The number of hydrogen-bond acceptors (Lipinski definition) is 5. The number of rotatable bonds is 4. The minimum absolute atomic E-state index is 0.0867. The van der Waals surface area contributed by atoms with Crippen molar-refractivity contribution in [3.8, 4) is 0 Å². The summed E-state index contributed by atoms with van der Waals surface area (Å²) in [6.45, 7) is 2.25. The molecule has 1 aliphatic heterocycles. The van der Waals surface area contributed by atoms with Crippen LogP contribution in [-0.4, -0.2) is 54.6 Å². The van der Waals surface area contributed by atoms with E-state index in [-0.39, 0.29) is 42.7 Å². The summed E-state index contributed by atoms with van der Waals surface area (Å²) in [5, 5.41) is 11.4. The summed E-state index contributed by atoms with van der Waals surface area (Å²) in [6, 6.07) is 10.4. The Hall–Kier alpha value is -2.49. The SMILES string of the molecule is Cc1ccc([N+](=O)[O-])cc1S(=O)(=O)N1CCN(C(=O)c2cccc(Cl)c2)CC1. The maximum Gasteiger partial charge on any atom is 0.270 e. The average molecular weight is 424 g/mol. The molecule has 0 spiro atoms. The molecule has 3 rings (SSSR count). The Bertz CT molecular complexity index is 1030. The van der Waals surface area contributed by atoms with Crippen molar-refractivity contribution in [1.82, 2.24) is 9.21 Å². The van der Waals surface area contributed by atoms with Gasteiger partial charge < -0.3 is 4.90 Å². The fraction of sp³-hybridized carbons (Fsp3) is 0.278. The largest absolute Gasteiger partial charge is 0.336 e. The fourth-order valence-electron chi connectivity index (χ4n) is 3.05. The first kappa shape index (κ1) is 20.2. The summed E-state index contributed by atoms with van der Waals surface area (Å²) in [6.07, 6.45) is 0. The molecular formula is C18H18ClN3O5S. The molecule has 1 heterocycles. The molecule has 1 fully saturated rings. The van der Waals surface area contributed by atoms with Crippen LogP contribution in [0, 0.1) is 17.0 Å². The zero-order chi connectivity index (χ0) is 20.5. The van der Waals surface area contributed by atoms with E-state index in [2.05, 4.69) is 0 Å². The molecule has 1 saturated heterocycles. The molecule has 0 unspecified atom stereocenters. The predicted octanol–water partition coefficient (Wildman–Crippen LogP) is 2.70. The van der Waals surface area contributed by atoms with Gasteiger partial charge >= 0.3 is 0 Å². The number of nitrogens with zero attached hydrogens (tertiary/aromatic N) is 3. The summed E-state index contributed by atoms with van der Waals surface area (Å²) in [4.78, 5) is 24.4. The zero-order valence-corrected chi connectivity index (χ0v) is 16.6. The van der Waals surface area contributed by atoms with Crippen molar-refractivity contribution in [1.29, 1.82) is 0 Å². The lowest BCUT2D eigenvalue weighted by Gasteiger charge is -2.34. The Kier molecular flexibility index (Phi) is 5.69. The van der Waals surface area contributed by atoms with Gasteiger partial charge in [0.1, 0.15) is 0 Å². The molecule has 2 aromatic rings.